The molecule has 0 aromatic carbocycles. The van der Waals surface area contributed by atoms with E-state index in [0.717, 1.165) is 12.8 Å². The van der Waals surface area contributed by atoms with E-state index in [1.54, 1.807) is 0 Å². The van der Waals surface area contributed by atoms with Crippen molar-refractivity contribution in [3.63, 3.8) is 0 Å². The van der Waals surface area contributed by atoms with Crippen molar-refractivity contribution in [2.24, 2.45) is 0 Å². The molecule has 0 radical (unpaired) electrons. The van der Waals surface area contributed by atoms with E-state index in [1.807, 2.05) is 0 Å². The molecular formula is C11H20O3. The SMILES string of the molecule is CCCCCCCC1CC(=O)OCO1. The van der Waals surface area contributed by atoms with Crippen LogP contribution in [0.4, 0.5) is 0 Å². The topological polar surface area (TPSA) is 35.5 Å². The largest absolute Gasteiger partial charge is 0.438 e. The second kappa shape index (κ2) is 6.82. The van der Waals surface area contributed by atoms with Gasteiger partial charge in [-0.2, -0.15) is 0 Å². The van der Waals surface area contributed by atoms with Crippen LogP contribution in [0.1, 0.15) is 51.9 Å². The first-order valence-electron chi connectivity index (χ1n) is 5.60. The van der Waals surface area contributed by atoms with Crippen LogP contribution in [0.15, 0.2) is 0 Å². The van der Waals surface area contributed by atoms with Crippen molar-refractivity contribution < 1.29 is 14.3 Å². The third-order valence-electron chi connectivity index (χ3n) is 2.55. The van der Waals surface area contributed by atoms with Crippen LogP contribution in [0.25, 0.3) is 0 Å². The molecule has 1 rings (SSSR count). The average Bonchev–Trinajstić information content (AvgIpc) is 2.18. The summed E-state index contributed by atoms with van der Waals surface area (Å²) in [4.78, 5) is 10.9. The zero-order valence-corrected chi connectivity index (χ0v) is 8.96. The van der Waals surface area contributed by atoms with E-state index in [2.05, 4.69) is 6.92 Å². The van der Waals surface area contributed by atoms with Crippen molar-refractivity contribution in [3.05, 3.63) is 0 Å². The Hall–Kier alpha value is -0.570. The van der Waals surface area contributed by atoms with Crippen LogP contribution in [-0.4, -0.2) is 18.9 Å². The molecule has 0 aromatic rings. The molecule has 1 fully saturated rings. The molecule has 0 saturated carbocycles. The molecule has 3 nitrogen and oxygen atoms in total. The molecule has 1 heterocycles. The molecule has 0 N–H and O–H groups in total. The Morgan fingerprint density at radius 2 is 2.07 bits per heavy atom. The number of hydrogen-bond acceptors (Lipinski definition) is 3. The minimum absolute atomic E-state index is 0.109. The standard InChI is InChI=1S/C11H20O3/c1-2-3-4-5-6-7-10-8-11(12)14-9-13-10/h10H,2-9H2,1H3. The molecule has 0 amide bonds. The van der Waals surface area contributed by atoms with E-state index in [4.69, 9.17) is 9.47 Å². The number of hydrogen-bond donors (Lipinski definition) is 0. The van der Waals surface area contributed by atoms with Crippen LogP contribution < -0.4 is 0 Å². The molecule has 0 spiro atoms. The maximum Gasteiger partial charge on any atom is 0.310 e. The number of ether oxygens (including phenoxy) is 2. The van der Waals surface area contributed by atoms with Gasteiger partial charge in [0.1, 0.15) is 0 Å². The van der Waals surface area contributed by atoms with Gasteiger partial charge in [-0.15, -0.1) is 0 Å². The monoisotopic (exact) mass is 200 g/mol. The van der Waals surface area contributed by atoms with Gasteiger partial charge < -0.3 is 9.47 Å². The van der Waals surface area contributed by atoms with E-state index in [0.29, 0.717) is 6.42 Å². The third-order valence-corrected chi connectivity index (χ3v) is 2.55. The number of unbranched alkanes of at least 4 members (excludes halogenated alkanes) is 4. The maximum atomic E-state index is 10.9. The van der Waals surface area contributed by atoms with Gasteiger partial charge in [-0.1, -0.05) is 39.0 Å². The maximum absolute atomic E-state index is 10.9. The lowest BCUT2D eigenvalue weighted by Crippen LogP contribution is -2.27. The van der Waals surface area contributed by atoms with E-state index < -0.39 is 0 Å². The molecular weight excluding hydrogens is 180 g/mol. The molecule has 0 aliphatic carbocycles. The third kappa shape index (κ3) is 4.61. The lowest BCUT2D eigenvalue weighted by atomic mass is 10.1. The normalized spacial score (nSPS) is 22.1. The van der Waals surface area contributed by atoms with Crippen LogP contribution in [0.5, 0.6) is 0 Å². The summed E-state index contributed by atoms with van der Waals surface area (Å²) >= 11 is 0. The van der Waals surface area contributed by atoms with Gasteiger partial charge in [0.15, 0.2) is 6.79 Å². The number of rotatable bonds is 6. The van der Waals surface area contributed by atoms with Gasteiger partial charge in [0, 0.05) is 0 Å². The van der Waals surface area contributed by atoms with E-state index in [9.17, 15) is 4.79 Å². The van der Waals surface area contributed by atoms with Gasteiger partial charge >= 0.3 is 5.97 Å². The predicted octanol–water partition coefficient (Wildman–Crippen LogP) is 2.64. The molecule has 1 unspecified atom stereocenters. The fourth-order valence-corrected chi connectivity index (χ4v) is 1.66. The number of carbonyl (C=O) groups is 1. The summed E-state index contributed by atoms with van der Waals surface area (Å²) in [7, 11) is 0. The molecule has 0 aromatic heterocycles. The van der Waals surface area contributed by atoms with Crippen LogP contribution in [0, 0.1) is 0 Å². The summed E-state index contributed by atoms with van der Waals surface area (Å²) in [5.41, 5.74) is 0. The summed E-state index contributed by atoms with van der Waals surface area (Å²) in [5.74, 6) is -0.116. The Labute approximate surface area is 85.8 Å². The quantitative estimate of drug-likeness (QED) is 0.488. The molecule has 0 bridgehead atoms. The Balaban J connectivity index is 1.97. The second-order valence-electron chi connectivity index (χ2n) is 3.83. The highest BCUT2D eigenvalue weighted by atomic mass is 16.7. The van der Waals surface area contributed by atoms with E-state index >= 15 is 0 Å². The number of esters is 1. The number of carbonyl (C=O) groups excluding carboxylic acids is 1. The molecule has 1 aliphatic heterocycles. The van der Waals surface area contributed by atoms with Gasteiger partial charge in [-0.3, -0.25) is 4.79 Å². The lowest BCUT2D eigenvalue weighted by molar-refractivity contribution is -0.181. The Kier molecular flexibility index (Phi) is 5.60. The van der Waals surface area contributed by atoms with Gasteiger partial charge in [-0.05, 0) is 6.42 Å². The van der Waals surface area contributed by atoms with E-state index in [-0.39, 0.29) is 18.9 Å². The van der Waals surface area contributed by atoms with Crippen molar-refractivity contribution in [3.8, 4) is 0 Å². The average molecular weight is 200 g/mol. The highest BCUT2D eigenvalue weighted by molar-refractivity contribution is 5.70. The fraction of sp³-hybridized carbons (Fsp3) is 0.909. The summed E-state index contributed by atoms with van der Waals surface area (Å²) in [5, 5.41) is 0. The van der Waals surface area contributed by atoms with Crippen LogP contribution in [0.2, 0.25) is 0 Å². The van der Waals surface area contributed by atoms with Gasteiger partial charge in [0.2, 0.25) is 0 Å². The van der Waals surface area contributed by atoms with Gasteiger partial charge in [0.25, 0.3) is 0 Å². The van der Waals surface area contributed by atoms with Crippen LogP contribution >= 0.6 is 0 Å². The number of cyclic esters (lactones) is 1. The van der Waals surface area contributed by atoms with Crippen molar-refractivity contribution in [2.75, 3.05) is 6.79 Å². The van der Waals surface area contributed by atoms with Crippen molar-refractivity contribution in [2.45, 2.75) is 58.0 Å². The molecule has 1 aliphatic rings. The van der Waals surface area contributed by atoms with Crippen LogP contribution in [0.3, 0.4) is 0 Å². The van der Waals surface area contributed by atoms with Crippen molar-refractivity contribution >= 4 is 5.97 Å². The fourth-order valence-electron chi connectivity index (χ4n) is 1.66. The lowest BCUT2D eigenvalue weighted by Gasteiger charge is -2.21. The van der Waals surface area contributed by atoms with Crippen molar-refractivity contribution in [1.82, 2.24) is 0 Å². The van der Waals surface area contributed by atoms with Crippen molar-refractivity contribution in [1.29, 1.82) is 0 Å². The Morgan fingerprint density at radius 1 is 1.29 bits per heavy atom. The highest BCUT2D eigenvalue weighted by Crippen LogP contribution is 2.15. The zero-order chi connectivity index (χ0) is 10.2. The Bertz CT molecular complexity index is 168. The smallest absolute Gasteiger partial charge is 0.310 e. The van der Waals surface area contributed by atoms with Crippen LogP contribution in [-0.2, 0) is 14.3 Å². The van der Waals surface area contributed by atoms with Gasteiger partial charge in [-0.25, -0.2) is 0 Å². The Morgan fingerprint density at radius 3 is 2.79 bits per heavy atom. The molecule has 1 atom stereocenters. The summed E-state index contributed by atoms with van der Waals surface area (Å²) in [6.07, 6.45) is 7.85. The minimum Gasteiger partial charge on any atom is -0.438 e. The summed E-state index contributed by atoms with van der Waals surface area (Å²) < 4.78 is 10.0. The summed E-state index contributed by atoms with van der Waals surface area (Å²) in [6.45, 7) is 2.36. The minimum atomic E-state index is -0.116. The predicted molar refractivity (Wildman–Crippen MR) is 53.8 cm³/mol. The molecule has 1 saturated heterocycles. The first-order valence-corrected chi connectivity index (χ1v) is 5.60. The summed E-state index contributed by atoms with van der Waals surface area (Å²) in [6, 6.07) is 0. The molecule has 3 heteroatoms. The molecule has 14 heavy (non-hydrogen) atoms. The molecule has 82 valence electrons. The first-order chi connectivity index (χ1) is 6.83. The van der Waals surface area contributed by atoms with E-state index in [1.165, 1.54) is 25.7 Å². The highest BCUT2D eigenvalue weighted by Gasteiger charge is 2.20. The first kappa shape index (κ1) is 11.5. The van der Waals surface area contributed by atoms with Gasteiger partial charge in [0.05, 0.1) is 12.5 Å². The zero-order valence-electron chi connectivity index (χ0n) is 8.96. The second-order valence-corrected chi connectivity index (χ2v) is 3.83.